The number of hydrogen-bond donors (Lipinski definition) is 1. The van der Waals surface area contributed by atoms with Crippen molar-refractivity contribution in [1.29, 1.82) is 0 Å². The molecule has 1 heteroatoms. The number of aryl methyl sites for hydroxylation is 3. The molecule has 2 N–H and O–H groups in total. The van der Waals surface area contributed by atoms with Crippen LogP contribution in [0.1, 0.15) is 27.8 Å². The van der Waals surface area contributed by atoms with Crippen LogP contribution in [0.3, 0.4) is 0 Å². The molecule has 19 heavy (non-hydrogen) atoms. The molecule has 2 rings (SSSR count). The van der Waals surface area contributed by atoms with Crippen molar-refractivity contribution in [3.63, 3.8) is 0 Å². The minimum absolute atomic E-state index is 0.183. The van der Waals surface area contributed by atoms with Crippen LogP contribution in [-0.2, 0) is 12.8 Å². The largest absolute Gasteiger partial charge is 0.327 e. The van der Waals surface area contributed by atoms with Crippen LogP contribution in [0, 0.1) is 20.8 Å². The van der Waals surface area contributed by atoms with E-state index in [0.29, 0.717) is 0 Å². The van der Waals surface area contributed by atoms with Crippen LogP contribution in [-0.4, -0.2) is 6.04 Å². The summed E-state index contributed by atoms with van der Waals surface area (Å²) in [4.78, 5) is 0. The molecule has 2 aromatic rings. The fraction of sp³-hybridized carbons (Fsp3) is 0.333. The molecule has 1 nitrogen and oxygen atoms in total. The molecule has 0 amide bonds. The van der Waals surface area contributed by atoms with Crippen LogP contribution in [0.4, 0.5) is 0 Å². The molecule has 0 aliphatic rings. The van der Waals surface area contributed by atoms with Gasteiger partial charge in [0, 0.05) is 6.04 Å². The lowest BCUT2D eigenvalue weighted by molar-refractivity contribution is 0.662. The third-order valence-electron chi connectivity index (χ3n) is 3.52. The Morgan fingerprint density at radius 1 is 0.895 bits per heavy atom. The molecule has 0 heterocycles. The molecule has 0 radical (unpaired) electrons. The summed E-state index contributed by atoms with van der Waals surface area (Å²) in [5.74, 6) is 0. The second-order valence-electron chi connectivity index (χ2n) is 5.59. The summed E-state index contributed by atoms with van der Waals surface area (Å²) in [6.45, 7) is 6.44. The summed E-state index contributed by atoms with van der Waals surface area (Å²) in [6.07, 6.45) is 1.89. The second-order valence-corrected chi connectivity index (χ2v) is 5.59. The predicted molar refractivity (Wildman–Crippen MR) is 82.5 cm³/mol. The van der Waals surface area contributed by atoms with E-state index >= 15 is 0 Å². The predicted octanol–water partition coefficient (Wildman–Crippen LogP) is 3.72. The van der Waals surface area contributed by atoms with Crippen LogP contribution >= 0.6 is 0 Å². The lowest BCUT2D eigenvalue weighted by Crippen LogP contribution is -2.26. The van der Waals surface area contributed by atoms with E-state index in [2.05, 4.69) is 63.2 Å². The Bertz CT molecular complexity index is 537. The summed E-state index contributed by atoms with van der Waals surface area (Å²) in [7, 11) is 0. The molecule has 0 saturated heterocycles. The van der Waals surface area contributed by atoms with Gasteiger partial charge in [0.15, 0.2) is 0 Å². The molecule has 0 spiro atoms. The van der Waals surface area contributed by atoms with Gasteiger partial charge in [0.05, 0.1) is 0 Å². The normalized spacial score (nSPS) is 12.4. The van der Waals surface area contributed by atoms with Gasteiger partial charge in [-0.1, -0.05) is 53.6 Å². The third-order valence-corrected chi connectivity index (χ3v) is 3.52. The van der Waals surface area contributed by atoms with Gasteiger partial charge in [-0.2, -0.15) is 0 Å². The number of nitrogens with two attached hydrogens (primary N) is 1. The molecule has 1 atom stereocenters. The van der Waals surface area contributed by atoms with Crippen molar-refractivity contribution in [2.24, 2.45) is 5.73 Å². The lowest BCUT2D eigenvalue weighted by Gasteiger charge is -2.14. The molecule has 0 fully saturated rings. The van der Waals surface area contributed by atoms with Crippen LogP contribution in [0.25, 0.3) is 0 Å². The van der Waals surface area contributed by atoms with Crippen molar-refractivity contribution in [1.82, 2.24) is 0 Å². The summed E-state index contributed by atoms with van der Waals surface area (Å²) >= 11 is 0. The molecule has 1 unspecified atom stereocenters. The van der Waals surface area contributed by atoms with E-state index < -0.39 is 0 Å². The smallest absolute Gasteiger partial charge is 0.0120 e. The van der Waals surface area contributed by atoms with Crippen molar-refractivity contribution in [3.05, 3.63) is 70.3 Å². The Labute approximate surface area is 116 Å². The first-order valence-corrected chi connectivity index (χ1v) is 6.92. The molecule has 0 saturated carbocycles. The van der Waals surface area contributed by atoms with Gasteiger partial charge >= 0.3 is 0 Å². The highest BCUT2D eigenvalue weighted by atomic mass is 14.6. The Morgan fingerprint density at radius 2 is 1.53 bits per heavy atom. The van der Waals surface area contributed by atoms with E-state index in [9.17, 15) is 0 Å². The topological polar surface area (TPSA) is 26.0 Å². The van der Waals surface area contributed by atoms with Gasteiger partial charge in [-0.15, -0.1) is 0 Å². The maximum Gasteiger partial charge on any atom is 0.0120 e. The minimum atomic E-state index is 0.183. The lowest BCUT2D eigenvalue weighted by atomic mass is 9.95. The van der Waals surface area contributed by atoms with Gasteiger partial charge in [-0.25, -0.2) is 0 Å². The average molecular weight is 253 g/mol. The van der Waals surface area contributed by atoms with Crippen LogP contribution < -0.4 is 5.73 Å². The van der Waals surface area contributed by atoms with Crippen molar-refractivity contribution in [2.45, 2.75) is 39.7 Å². The van der Waals surface area contributed by atoms with Gasteiger partial charge in [-0.3, -0.25) is 0 Å². The summed E-state index contributed by atoms with van der Waals surface area (Å²) in [6, 6.07) is 15.4. The fourth-order valence-electron chi connectivity index (χ4n) is 2.68. The fourth-order valence-corrected chi connectivity index (χ4v) is 2.68. The maximum atomic E-state index is 6.31. The molecular formula is C18H23N. The first kappa shape index (κ1) is 13.8. The van der Waals surface area contributed by atoms with E-state index in [4.69, 9.17) is 5.73 Å². The highest BCUT2D eigenvalue weighted by molar-refractivity contribution is 5.30. The van der Waals surface area contributed by atoms with Gasteiger partial charge < -0.3 is 5.73 Å². The second kappa shape index (κ2) is 6.03. The van der Waals surface area contributed by atoms with Crippen molar-refractivity contribution >= 4 is 0 Å². The Morgan fingerprint density at radius 3 is 2.16 bits per heavy atom. The third kappa shape index (κ3) is 3.93. The molecule has 0 aromatic heterocycles. The van der Waals surface area contributed by atoms with Gasteiger partial charge in [0.2, 0.25) is 0 Å². The zero-order valence-corrected chi connectivity index (χ0v) is 12.1. The van der Waals surface area contributed by atoms with Crippen molar-refractivity contribution in [2.75, 3.05) is 0 Å². The van der Waals surface area contributed by atoms with Crippen molar-refractivity contribution in [3.8, 4) is 0 Å². The zero-order chi connectivity index (χ0) is 13.8. The van der Waals surface area contributed by atoms with Crippen LogP contribution in [0.2, 0.25) is 0 Å². The van der Waals surface area contributed by atoms with Gasteiger partial charge in [0.25, 0.3) is 0 Å². The zero-order valence-electron chi connectivity index (χ0n) is 12.1. The van der Waals surface area contributed by atoms with E-state index in [0.717, 1.165) is 12.8 Å². The number of rotatable bonds is 4. The SMILES string of the molecule is Cc1cc(C)cc(CC(N)Cc2ccccc2C)c1. The van der Waals surface area contributed by atoms with Crippen molar-refractivity contribution < 1.29 is 0 Å². The molecule has 100 valence electrons. The van der Waals surface area contributed by atoms with E-state index in [1.165, 1.54) is 27.8 Å². The molecular weight excluding hydrogens is 230 g/mol. The average Bonchev–Trinajstić information content (AvgIpc) is 2.30. The first-order chi connectivity index (χ1) is 9.04. The van der Waals surface area contributed by atoms with E-state index in [1.54, 1.807) is 0 Å². The summed E-state index contributed by atoms with van der Waals surface area (Å²) in [5.41, 5.74) is 13.0. The van der Waals surface area contributed by atoms with E-state index in [-0.39, 0.29) is 6.04 Å². The highest BCUT2D eigenvalue weighted by Gasteiger charge is 2.07. The first-order valence-electron chi connectivity index (χ1n) is 6.92. The molecule has 0 bridgehead atoms. The molecule has 0 aliphatic heterocycles. The minimum Gasteiger partial charge on any atom is -0.327 e. The van der Waals surface area contributed by atoms with Gasteiger partial charge in [0.1, 0.15) is 0 Å². The van der Waals surface area contributed by atoms with Gasteiger partial charge in [-0.05, 0) is 50.3 Å². The monoisotopic (exact) mass is 253 g/mol. The Balaban J connectivity index is 2.05. The summed E-state index contributed by atoms with van der Waals surface area (Å²) in [5, 5.41) is 0. The highest BCUT2D eigenvalue weighted by Crippen LogP contribution is 2.14. The number of benzene rings is 2. The quantitative estimate of drug-likeness (QED) is 0.883. The van der Waals surface area contributed by atoms with E-state index in [1.807, 2.05) is 0 Å². The Kier molecular flexibility index (Phi) is 4.39. The Hall–Kier alpha value is -1.60. The standard InChI is InChI=1S/C18H23N/c1-13-8-14(2)10-16(9-13)11-18(19)12-17-7-5-4-6-15(17)3/h4-10,18H,11-12,19H2,1-3H3. The molecule has 0 aliphatic carbocycles. The van der Waals surface area contributed by atoms with Crippen LogP contribution in [0.15, 0.2) is 42.5 Å². The molecule has 2 aromatic carbocycles. The number of hydrogen-bond acceptors (Lipinski definition) is 1. The van der Waals surface area contributed by atoms with Crippen LogP contribution in [0.5, 0.6) is 0 Å². The maximum absolute atomic E-state index is 6.31. The summed E-state index contributed by atoms with van der Waals surface area (Å²) < 4.78 is 0.